The number of rotatable bonds is 12. The summed E-state index contributed by atoms with van der Waals surface area (Å²) in [4.78, 5) is 11.1. The van der Waals surface area contributed by atoms with Gasteiger partial charge in [0.15, 0.2) is 6.29 Å². The van der Waals surface area contributed by atoms with E-state index in [-0.39, 0.29) is 0 Å². The Bertz CT molecular complexity index is 242. The molecule has 120 valence electrons. The Morgan fingerprint density at radius 1 is 1.00 bits per heavy atom. The molecule has 0 aromatic heterocycles. The molecule has 20 heavy (non-hydrogen) atoms. The van der Waals surface area contributed by atoms with Gasteiger partial charge in [0.2, 0.25) is 6.29 Å². The minimum Gasteiger partial charge on any atom is -0.434 e. The second-order valence-electron chi connectivity index (χ2n) is 5.02. The molecule has 5 nitrogen and oxygen atoms in total. The van der Waals surface area contributed by atoms with Crippen molar-refractivity contribution in [3.63, 3.8) is 0 Å². The summed E-state index contributed by atoms with van der Waals surface area (Å²) in [5.41, 5.74) is 0. The molecule has 0 fully saturated rings. The molecule has 0 spiro atoms. The molecule has 0 heterocycles. The standard InChI is InChI=1S/C15H30O5/c1-5-6-7-8-9-10-11-18-13(3)19-14(4)20-15(17)12(2)16/h12-14,16H,5-11H2,1-4H3. The van der Waals surface area contributed by atoms with Crippen LogP contribution in [0.1, 0.15) is 66.2 Å². The molecule has 0 rings (SSSR count). The van der Waals surface area contributed by atoms with E-state index in [9.17, 15) is 4.79 Å². The van der Waals surface area contributed by atoms with Crippen LogP contribution < -0.4 is 0 Å². The first-order chi connectivity index (χ1) is 9.47. The van der Waals surface area contributed by atoms with Crippen molar-refractivity contribution in [1.29, 1.82) is 0 Å². The number of carbonyl (C=O) groups is 1. The summed E-state index contributed by atoms with van der Waals surface area (Å²) in [6, 6.07) is 0. The molecule has 0 saturated heterocycles. The normalized spacial score (nSPS) is 15.7. The number of carbonyl (C=O) groups excluding carboxylic acids is 1. The molecule has 0 aliphatic rings. The molecule has 0 aliphatic carbocycles. The maximum absolute atomic E-state index is 11.1. The van der Waals surface area contributed by atoms with Crippen molar-refractivity contribution in [2.75, 3.05) is 6.61 Å². The van der Waals surface area contributed by atoms with Gasteiger partial charge in [0.25, 0.3) is 0 Å². The lowest BCUT2D eigenvalue weighted by Gasteiger charge is -2.20. The number of aliphatic hydroxyl groups excluding tert-OH is 1. The zero-order valence-electron chi connectivity index (χ0n) is 13.3. The fourth-order valence-electron chi connectivity index (χ4n) is 1.73. The van der Waals surface area contributed by atoms with E-state index in [0.717, 1.165) is 6.42 Å². The van der Waals surface area contributed by atoms with Crippen LogP contribution in [0.3, 0.4) is 0 Å². The van der Waals surface area contributed by atoms with Gasteiger partial charge in [-0.05, 0) is 27.2 Å². The summed E-state index contributed by atoms with van der Waals surface area (Å²) < 4.78 is 15.7. The molecule has 0 aliphatic heterocycles. The molecule has 0 radical (unpaired) electrons. The summed E-state index contributed by atoms with van der Waals surface area (Å²) >= 11 is 0. The van der Waals surface area contributed by atoms with E-state index >= 15 is 0 Å². The highest BCUT2D eigenvalue weighted by Crippen LogP contribution is 2.07. The SMILES string of the molecule is CCCCCCCCOC(C)OC(C)OC(=O)C(C)O. The highest BCUT2D eigenvalue weighted by Gasteiger charge is 2.16. The Morgan fingerprint density at radius 3 is 2.20 bits per heavy atom. The first kappa shape index (κ1) is 19.4. The van der Waals surface area contributed by atoms with Gasteiger partial charge in [-0.3, -0.25) is 0 Å². The minimum absolute atomic E-state index is 0.428. The van der Waals surface area contributed by atoms with Crippen molar-refractivity contribution < 1.29 is 24.1 Å². The third kappa shape index (κ3) is 11.2. The third-order valence-electron chi connectivity index (χ3n) is 2.86. The van der Waals surface area contributed by atoms with E-state index in [2.05, 4.69) is 6.92 Å². The van der Waals surface area contributed by atoms with Gasteiger partial charge in [-0.15, -0.1) is 0 Å². The smallest absolute Gasteiger partial charge is 0.336 e. The molecular formula is C15H30O5. The molecule has 3 atom stereocenters. The lowest BCUT2D eigenvalue weighted by atomic mass is 10.1. The van der Waals surface area contributed by atoms with E-state index in [1.165, 1.54) is 39.0 Å². The van der Waals surface area contributed by atoms with Crippen LogP contribution in [0.5, 0.6) is 0 Å². The molecule has 0 aromatic rings. The fraction of sp³-hybridized carbons (Fsp3) is 0.933. The maximum Gasteiger partial charge on any atom is 0.336 e. The Balaban J connectivity index is 3.52. The monoisotopic (exact) mass is 290 g/mol. The number of ether oxygens (including phenoxy) is 3. The number of hydrogen-bond acceptors (Lipinski definition) is 5. The van der Waals surface area contributed by atoms with Gasteiger partial charge in [0.1, 0.15) is 6.10 Å². The Morgan fingerprint density at radius 2 is 1.60 bits per heavy atom. The van der Waals surface area contributed by atoms with Crippen molar-refractivity contribution in [3.05, 3.63) is 0 Å². The lowest BCUT2D eigenvalue weighted by Crippen LogP contribution is -2.29. The van der Waals surface area contributed by atoms with Gasteiger partial charge in [-0.1, -0.05) is 39.0 Å². The number of hydrogen-bond donors (Lipinski definition) is 1. The van der Waals surface area contributed by atoms with Crippen LogP contribution in [0, 0.1) is 0 Å². The van der Waals surface area contributed by atoms with Crippen LogP contribution in [0.25, 0.3) is 0 Å². The molecule has 0 saturated carbocycles. The van der Waals surface area contributed by atoms with Gasteiger partial charge in [0.05, 0.1) is 0 Å². The number of aliphatic hydroxyl groups is 1. The van der Waals surface area contributed by atoms with Crippen LogP contribution in [-0.4, -0.2) is 36.4 Å². The van der Waals surface area contributed by atoms with Crippen molar-refractivity contribution in [2.45, 2.75) is 84.9 Å². The second-order valence-corrected chi connectivity index (χ2v) is 5.02. The molecule has 0 amide bonds. The zero-order chi connectivity index (χ0) is 15.4. The third-order valence-corrected chi connectivity index (χ3v) is 2.86. The van der Waals surface area contributed by atoms with Gasteiger partial charge < -0.3 is 19.3 Å². The average molecular weight is 290 g/mol. The van der Waals surface area contributed by atoms with Crippen LogP contribution in [0.15, 0.2) is 0 Å². The zero-order valence-corrected chi connectivity index (χ0v) is 13.3. The highest BCUT2D eigenvalue weighted by atomic mass is 16.8. The van der Waals surface area contributed by atoms with E-state index in [1.54, 1.807) is 13.8 Å². The second kappa shape index (κ2) is 12.1. The van der Waals surface area contributed by atoms with Gasteiger partial charge in [-0.25, -0.2) is 4.79 Å². The topological polar surface area (TPSA) is 65.0 Å². The first-order valence-corrected chi connectivity index (χ1v) is 7.63. The van der Waals surface area contributed by atoms with Crippen molar-refractivity contribution >= 4 is 5.97 Å². The summed E-state index contributed by atoms with van der Waals surface area (Å²) in [6.07, 6.45) is 4.97. The summed E-state index contributed by atoms with van der Waals surface area (Å²) in [6.45, 7) is 7.57. The van der Waals surface area contributed by atoms with E-state index < -0.39 is 24.7 Å². The minimum atomic E-state index is -1.14. The molecule has 1 N–H and O–H groups in total. The first-order valence-electron chi connectivity index (χ1n) is 7.63. The Kier molecular flexibility index (Phi) is 11.7. The predicted octanol–water partition coefficient (Wildman–Crippen LogP) is 3.00. The number of unbranched alkanes of at least 4 members (excludes halogenated alkanes) is 5. The quantitative estimate of drug-likeness (QED) is 0.340. The van der Waals surface area contributed by atoms with Crippen LogP contribution in [0.4, 0.5) is 0 Å². The van der Waals surface area contributed by atoms with Gasteiger partial charge in [0, 0.05) is 6.61 Å². The van der Waals surface area contributed by atoms with E-state index in [0.29, 0.717) is 6.61 Å². The molecule has 0 bridgehead atoms. The van der Waals surface area contributed by atoms with Crippen molar-refractivity contribution in [3.8, 4) is 0 Å². The van der Waals surface area contributed by atoms with Crippen molar-refractivity contribution in [2.24, 2.45) is 0 Å². The highest BCUT2D eigenvalue weighted by molar-refractivity contribution is 5.73. The lowest BCUT2D eigenvalue weighted by molar-refractivity contribution is -0.232. The van der Waals surface area contributed by atoms with E-state index in [4.69, 9.17) is 19.3 Å². The largest absolute Gasteiger partial charge is 0.434 e. The van der Waals surface area contributed by atoms with Crippen LogP contribution in [-0.2, 0) is 19.0 Å². The molecular weight excluding hydrogens is 260 g/mol. The van der Waals surface area contributed by atoms with Crippen LogP contribution in [0.2, 0.25) is 0 Å². The summed E-state index contributed by atoms with van der Waals surface area (Å²) in [5, 5.41) is 9.00. The van der Waals surface area contributed by atoms with Crippen molar-refractivity contribution in [1.82, 2.24) is 0 Å². The van der Waals surface area contributed by atoms with E-state index in [1.807, 2.05) is 0 Å². The van der Waals surface area contributed by atoms with Gasteiger partial charge in [-0.2, -0.15) is 0 Å². The molecule has 5 heteroatoms. The molecule has 3 unspecified atom stereocenters. The fourth-order valence-corrected chi connectivity index (χ4v) is 1.73. The predicted molar refractivity (Wildman–Crippen MR) is 77.1 cm³/mol. The summed E-state index contributed by atoms with van der Waals surface area (Å²) in [7, 11) is 0. The maximum atomic E-state index is 11.1. The Labute approximate surface area is 122 Å². The van der Waals surface area contributed by atoms with Gasteiger partial charge >= 0.3 is 5.97 Å². The van der Waals surface area contributed by atoms with Crippen LogP contribution >= 0.6 is 0 Å². The number of esters is 1. The Hall–Kier alpha value is -0.650. The molecule has 0 aromatic carbocycles. The summed E-state index contributed by atoms with van der Waals surface area (Å²) in [5.74, 6) is -0.694. The average Bonchev–Trinajstić information content (AvgIpc) is 2.37.